The Labute approximate surface area is 217 Å². The molecule has 2 unspecified atom stereocenters. The lowest BCUT2D eigenvalue weighted by molar-refractivity contribution is 0.0526. The summed E-state index contributed by atoms with van der Waals surface area (Å²) in [6.45, 7) is 0.891. The summed E-state index contributed by atoms with van der Waals surface area (Å²) >= 11 is 0. The van der Waals surface area contributed by atoms with Crippen LogP contribution in [0.25, 0.3) is 0 Å². The zero-order valence-corrected chi connectivity index (χ0v) is 23.2. The fourth-order valence-electron chi connectivity index (χ4n) is 6.34. The minimum atomic E-state index is 0. The molecule has 2 bridgehead atoms. The number of ether oxygens (including phenoxy) is 2. The molecule has 0 spiro atoms. The van der Waals surface area contributed by atoms with Gasteiger partial charge in [-0.3, -0.25) is 4.99 Å². The summed E-state index contributed by atoms with van der Waals surface area (Å²) in [5.41, 5.74) is 1.44. The molecule has 2 aliphatic heterocycles. The van der Waals surface area contributed by atoms with Crippen molar-refractivity contribution in [2.45, 2.75) is 87.7 Å². The molecule has 7 heteroatoms. The molecule has 2 heterocycles. The van der Waals surface area contributed by atoms with E-state index in [9.17, 15) is 0 Å². The lowest BCUT2D eigenvalue weighted by atomic mass is 9.69. The monoisotopic (exact) mass is 570 g/mol. The van der Waals surface area contributed by atoms with Gasteiger partial charge in [-0.2, -0.15) is 0 Å². The van der Waals surface area contributed by atoms with Gasteiger partial charge in [-0.1, -0.05) is 31.7 Å². The number of rotatable bonds is 6. The standard InChI is InChI=1S/C26H42N4O2.HI/c1-27-25(29-20-16-21-9-8-10-22(17-20)30(21)2)28-18-26(13-6-5-7-14-26)19-11-12-23(31-3)24(15-19)32-4;/h11-12,15,20-22H,5-10,13-14,16-18H2,1-4H3,(H2,27,28,29);1H. The molecule has 1 aromatic carbocycles. The molecule has 33 heavy (non-hydrogen) atoms. The van der Waals surface area contributed by atoms with Crippen LogP contribution in [0.15, 0.2) is 23.2 Å². The molecular weight excluding hydrogens is 527 g/mol. The smallest absolute Gasteiger partial charge is 0.191 e. The highest BCUT2D eigenvalue weighted by molar-refractivity contribution is 14.0. The average molecular weight is 571 g/mol. The predicted molar refractivity (Wildman–Crippen MR) is 146 cm³/mol. The number of nitrogens with one attached hydrogen (secondary N) is 2. The van der Waals surface area contributed by atoms with Crippen LogP contribution in [-0.4, -0.2) is 63.8 Å². The van der Waals surface area contributed by atoms with Crippen molar-refractivity contribution in [1.82, 2.24) is 15.5 Å². The van der Waals surface area contributed by atoms with Crippen LogP contribution in [0.5, 0.6) is 11.5 Å². The zero-order chi connectivity index (χ0) is 22.6. The van der Waals surface area contributed by atoms with E-state index in [2.05, 4.69) is 45.8 Å². The largest absolute Gasteiger partial charge is 0.493 e. The third-order valence-corrected chi connectivity index (χ3v) is 8.31. The van der Waals surface area contributed by atoms with Crippen LogP contribution in [-0.2, 0) is 5.41 Å². The van der Waals surface area contributed by atoms with Crippen molar-refractivity contribution < 1.29 is 9.47 Å². The van der Waals surface area contributed by atoms with Crippen molar-refractivity contribution in [2.24, 2.45) is 4.99 Å². The highest BCUT2D eigenvalue weighted by Gasteiger charge is 2.37. The van der Waals surface area contributed by atoms with Crippen molar-refractivity contribution in [3.8, 4) is 11.5 Å². The summed E-state index contributed by atoms with van der Waals surface area (Å²) < 4.78 is 11.1. The molecule has 1 saturated carbocycles. The summed E-state index contributed by atoms with van der Waals surface area (Å²) in [6.07, 6.45) is 12.7. The molecule has 6 nitrogen and oxygen atoms in total. The number of piperidine rings is 2. The predicted octanol–water partition coefficient (Wildman–Crippen LogP) is 4.70. The molecule has 1 aromatic rings. The van der Waals surface area contributed by atoms with Gasteiger partial charge in [0, 0.05) is 37.1 Å². The lowest BCUT2D eigenvalue weighted by Crippen LogP contribution is -2.57. The van der Waals surface area contributed by atoms with E-state index < -0.39 is 0 Å². The molecule has 3 fully saturated rings. The average Bonchev–Trinajstić information content (AvgIpc) is 2.82. The first kappa shape index (κ1) is 26.4. The Morgan fingerprint density at radius 2 is 1.70 bits per heavy atom. The van der Waals surface area contributed by atoms with Crippen LogP contribution < -0.4 is 20.1 Å². The van der Waals surface area contributed by atoms with Gasteiger partial charge in [0.2, 0.25) is 0 Å². The minimum Gasteiger partial charge on any atom is -0.493 e. The van der Waals surface area contributed by atoms with Gasteiger partial charge in [-0.15, -0.1) is 24.0 Å². The van der Waals surface area contributed by atoms with Crippen LogP contribution in [0.4, 0.5) is 0 Å². The first-order valence-electron chi connectivity index (χ1n) is 12.5. The highest BCUT2D eigenvalue weighted by atomic mass is 127. The number of benzene rings is 1. The number of guanidine groups is 1. The van der Waals surface area contributed by atoms with E-state index in [1.807, 2.05) is 7.05 Å². The molecule has 0 radical (unpaired) electrons. The van der Waals surface area contributed by atoms with E-state index in [0.717, 1.165) is 36.1 Å². The van der Waals surface area contributed by atoms with Gasteiger partial charge in [-0.05, 0) is 63.3 Å². The van der Waals surface area contributed by atoms with Crippen LogP contribution in [0.3, 0.4) is 0 Å². The topological polar surface area (TPSA) is 58.1 Å². The summed E-state index contributed by atoms with van der Waals surface area (Å²) in [6, 6.07) is 8.40. The number of halogens is 1. The number of nitrogens with zero attached hydrogens (tertiary/aromatic N) is 2. The van der Waals surface area contributed by atoms with Gasteiger partial charge >= 0.3 is 0 Å². The molecule has 2 atom stereocenters. The van der Waals surface area contributed by atoms with E-state index in [0.29, 0.717) is 6.04 Å². The molecule has 4 rings (SSSR count). The molecular formula is C26H43IN4O2. The van der Waals surface area contributed by atoms with Crippen molar-refractivity contribution in [1.29, 1.82) is 0 Å². The van der Waals surface area contributed by atoms with Gasteiger partial charge < -0.3 is 25.0 Å². The van der Waals surface area contributed by atoms with E-state index in [1.54, 1.807) is 14.2 Å². The molecule has 186 valence electrons. The van der Waals surface area contributed by atoms with Crippen LogP contribution in [0.1, 0.15) is 69.8 Å². The van der Waals surface area contributed by atoms with E-state index in [-0.39, 0.29) is 29.4 Å². The first-order valence-corrected chi connectivity index (χ1v) is 12.5. The maximum Gasteiger partial charge on any atom is 0.191 e. The van der Waals surface area contributed by atoms with Crippen LogP contribution in [0.2, 0.25) is 0 Å². The second-order valence-corrected chi connectivity index (χ2v) is 10.1. The number of fused-ring (bicyclic) bond motifs is 2. The minimum absolute atomic E-state index is 0. The number of hydrogen-bond donors (Lipinski definition) is 2. The number of hydrogen-bond acceptors (Lipinski definition) is 4. The van der Waals surface area contributed by atoms with Crippen molar-refractivity contribution >= 4 is 29.9 Å². The maximum absolute atomic E-state index is 5.62. The Bertz CT molecular complexity index is 782. The summed E-state index contributed by atoms with van der Waals surface area (Å²) in [5, 5.41) is 7.49. The summed E-state index contributed by atoms with van der Waals surface area (Å²) in [7, 11) is 7.63. The Morgan fingerprint density at radius 1 is 1.03 bits per heavy atom. The molecule has 1 aliphatic carbocycles. The fourth-order valence-corrected chi connectivity index (χ4v) is 6.34. The van der Waals surface area contributed by atoms with E-state index >= 15 is 0 Å². The highest BCUT2D eigenvalue weighted by Crippen LogP contribution is 2.42. The third kappa shape index (κ3) is 5.89. The number of methoxy groups -OCH3 is 2. The SMILES string of the molecule is CN=C(NCC1(c2ccc(OC)c(OC)c2)CCCCC1)NC1CC2CCCC(C1)N2C.I. The van der Waals surface area contributed by atoms with Gasteiger partial charge in [0.15, 0.2) is 17.5 Å². The maximum atomic E-state index is 5.62. The lowest BCUT2D eigenvalue weighted by Gasteiger charge is -2.47. The third-order valence-electron chi connectivity index (χ3n) is 8.31. The molecule has 3 aliphatic rings. The Balaban J connectivity index is 0.00000306. The van der Waals surface area contributed by atoms with Crippen LogP contribution >= 0.6 is 24.0 Å². The second-order valence-electron chi connectivity index (χ2n) is 10.1. The quantitative estimate of drug-likeness (QED) is 0.295. The van der Waals surface area contributed by atoms with Crippen LogP contribution in [0, 0.1) is 0 Å². The van der Waals surface area contributed by atoms with Crippen molar-refractivity contribution in [3.63, 3.8) is 0 Å². The summed E-state index contributed by atoms with van der Waals surface area (Å²) in [4.78, 5) is 7.22. The molecule has 2 N–H and O–H groups in total. The van der Waals surface area contributed by atoms with Gasteiger partial charge in [0.05, 0.1) is 14.2 Å². The van der Waals surface area contributed by atoms with Crippen molar-refractivity contribution in [2.75, 3.05) is 34.9 Å². The molecule has 0 aromatic heterocycles. The van der Waals surface area contributed by atoms with E-state index in [1.165, 1.54) is 69.8 Å². The zero-order valence-electron chi connectivity index (χ0n) is 20.9. The van der Waals surface area contributed by atoms with Gasteiger partial charge in [0.25, 0.3) is 0 Å². The second kappa shape index (κ2) is 12.0. The van der Waals surface area contributed by atoms with E-state index in [4.69, 9.17) is 9.47 Å². The Hall–Kier alpha value is -1.22. The normalized spacial score (nSPS) is 27.3. The first-order chi connectivity index (χ1) is 15.6. The molecule has 2 saturated heterocycles. The fraction of sp³-hybridized carbons (Fsp3) is 0.731. The number of aliphatic imine (C=N–C) groups is 1. The van der Waals surface area contributed by atoms with Gasteiger partial charge in [0.1, 0.15) is 0 Å². The van der Waals surface area contributed by atoms with Crippen molar-refractivity contribution in [3.05, 3.63) is 23.8 Å². The molecule has 0 amide bonds. The summed E-state index contributed by atoms with van der Waals surface area (Å²) in [5.74, 6) is 2.55. The Kier molecular flexibility index (Phi) is 9.56. The van der Waals surface area contributed by atoms with Gasteiger partial charge in [-0.25, -0.2) is 0 Å². The Morgan fingerprint density at radius 3 is 2.30 bits per heavy atom.